The van der Waals surface area contributed by atoms with Gasteiger partial charge in [-0.05, 0) is 18.6 Å². The summed E-state index contributed by atoms with van der Waals surface area (Å²) in [5.74, 6) is -1.32. The molecule has 17 heavy (non-hydrogen) atoms. The highest BCUT2D eigenvalue weighted by Crippen LogP contribution is 2.34. The Balaban J connectivity index is 2.40. The molecule has 0 saturated carbocycles. The number of cyclic esters (lactones) is 1. The summed E-state index contributed by atoms with van der Waals surface area (Å²) in [5.41, 5.74) is -0.145. The Kier molecular flexibility index (Phi) is 2.71. The number of esters is 2. The summed E-state index contributed by atoms with van der Waals surface area (Å²) >= 11 is 0. The lowest BCUT2D eigenvalue weighted by atomic mass is 9.95. The fourth-order valence-corrected chi connectivity index (χ4v) is 1.77. The van der Waals surface area contributed by atoms with Gasteiger partial charge in [-0.25, -0.2) is 9.59 Å². The van der Waals surface area contributed by atoms with E-state index in [0.717, 1.165) is 5.56 Å². The van der Waals surface area contributed by atoms with Gasteiger partial charge in [0.2, 0.25) is 0 Å². The molecule has 2 rings (SSSR count). The van der Waals surface area contributed by atoms with Crippen LogP contribution < -0.4 is 0 Å². The van der Waals surface area contributed by atoms with Crippen LogP contribution >= 0.6 is 0 Å². The Morgan fingerprint density at radius 3 is 2.53 bits per heavy atom. The molecule has 0 fully saturated rings. The maximum atomic E-state index is 11.6. The molecule has 0 aromatic heterocycles. The molecule has 0 aliphatic carbocycles. The SMILES string of the molecule is COC(=O)C1=CC(C)(c2ccccc2)OC1=O. The van der Waals surface area contributed by atoms with E-state index in [1.807, 2.05) is 30.3 Å². The molecule has 0 amide bonds. The molecule has 88 valence electrons. The van der Waals surface area contributed by atoms with Gasteiger partial charge in [-0.3, -0.25) is 0 Å². The van der Waals surface area contributed by atoms with Crippen molar-refractivity contribution in [1.29, 1.82) is 0 Å². The van der Waals surface area contributed by atoms with Crippen molar-refractivity contribution in [3.8, 4) is 0 Å². The highest BCUT2D eigenvalue weighted by molar-refractivity contribution is 6.15. The molecule has 4 heteroatoms. The molecule has 0 saturated heterocycles. The minimum Gasteiger partial charge on any atom is -0.465 e. The van der Waals surface area contributed by atoms with Crippen LogP contribution in [0.25, 0.3) is 0 Å². The Labute approximate surface area is 98.8 Å². The summed E-state index contributed by atoms with van der Waals surface area (Å²) < 4.78 is 9.76. The van der Waals surface area contributed by atoms with Crippen LogP contribution in [0, 0.1) is 0 Å². The number of hydrogen-bond acceptors (Lipinski definition) is 4. The Morgan fingerprint density at radius 2 is 1.94 bits per heavy atom. The average molecular weight is 232 g/mol. The summed E-state index contributed by atoms with van der Waals surface area (Å²) in [6.45, 7) is 1.73. The van der Waals surface area contributed by atoms with Gasteiger partial charge in [0.25, 0.3) is 0 Å². The second-order valence-corrected chi connectivity index (χ2v) is 3.91. The molecule has 4 nitrogen and oxygen atoms in total. The van der Waals surface area contributed by atoms with E-state index in [0.29, 0.717) is 0 Å². The lowest BCUT2D eigenvalue weighted by molar-refractivity contribution is -0.149. The highest BCUT2D eigenvalue weighted by Gasteiger charge is 2.40. The molecule has 0 radical (unpaired) electrons. The van der Waals surface area contributed by atoms with Crippen molar-refractivity contribution < 1.29 is 19.1 Å². The largest absolute Gasteiger partial charge is 0.465 e. The number of methoxy groups -OCH3 is 1. The van der Waals surface area contributed by atoms with Crippen LogP contribution in [0.3, 0.4) is 0 Å². The van der Waals surface area contributed by atoms with Gasteiger partial charge in [0.1, 0.15) is 5.57 Å². The van der Waals surface area contributed by atoms with E-state index in [1.54, 1.807) is 6.92 Å². The fraction of sp³-hybridized carbons (Fsp3) is 0.231. The van der Waals surface area contributed by atoms with E-state index >= 15 is 0 Å². The van der Waals surface area contributed by atoms with E-state index in [-0.39, 0.29) is 5.57 Å². The molecule has 0 N–H and O–H groups in total. The molecule has 1 aliphatic heterocycles. The smallest absolute Gasteiger partial charge is 0.346 e. The monoisotopic (exact) mass is 232 g/mol. The molecular weight excluding hydrogens is 220 g/mol. The molecule has 0 bridgehead atoms. The quantitative estimate of drug-likeness (QED) is 0.573. The zero-order valence-corrected chi connectivity index (χ0v) is 9.60. The van der Waals surface area contributed by atoms with Gasteiger partial charge in [-0.1, -0.05) is 30.3 Å². The second-order valence-electron chi connectivity index (χ2n) is 3.91. The first-order chi connectivity index (χ1) is 8.07. The van der Waals surface area contributed by atoms with Crippen molar-refractivity contribution in [1.82, 2.24) is 0 Å². The predicted octanol–water partition coefficient (Wildman–Crippen LogP) is 1.56. The number of hydrogen-bond donors (Lipinski definition) is 0. The van der Waals surface area contributed by atoms with Gasteiger partial charge in [0.05, 0.1) is 7.11 Å². The number of carbonyl (C=O) groups excluding carboxylic acids is 2. The molecule has 1 aromatic carbocycles. The third-order valence-corrected chi connectivity index (χ3v) is 2.70. The average Bonchev–Trinajstić information content (AvgIpc) is 2.66. The molecule has 1 unspecified atom stereocenters. The molecule has 1 heterocycles. The van der Waals surface area contributed by atoms with Crippen LogP contribution in [0.1, 0.15) is 12.5 Å². The molecule has 0 spiro atoms. The van der Waals surface area contributed by atoms with E-state index in [2.05, 4.69) is 4.74 Å². The normalized spacial score (nSPS) is 22.9. The van der Waals surface area contributed by atoms with Crippen LogP contribution in [0.4, 0.5) is 0 Å². The van der Waals surface area contributed by atoms with Gasteiger partial charge in [-0.2, -0.15) is 0 Å². The van der Waals surface area contributed by atoms with E-state index in [1.165, 1.54) is 13.2 Å². The molecular formula is C13H12O4. The first-order valence-corrected chi connectivity index (χ1v) is 5.17. The van der Waals surface area contributed by atoms with Gasteiger partial charge >= 0.3 is 11.9 Å². The lowest BCUT2D eigenvalue weighted by Gasteiger charge is -2.21. The zero-order chi connectivity index (χ0) is 12.5. The maximum absolute atomic E-state index is 11.6. The number of benzene rings is 1. The summed E-state index contributed by atoms with van der Waals surface area (Å²) in [7, 11) is 1.23. The van der Waals surface area contributed by atoms with Crippen molar-refractivity contribution in [3.63, 3.8) is 0 Å². The fourth-order valence-electron chi connectivity index (χ4n) is 1.77. The second kappa shape index (κ2) is 4.05. The van der Waals surface area contributed by atoms with Crippen molar-refractivity contribution in [2.45, 2.75) is 12.5 Å². The predicted molar refractivity (Wildman–Crippen MR) is 60.0 cm³/mol. The van der Waals surface area contributed by atoms with Crippen LogP contribution in [-0.4, -0.2) is 19.0 Å². The van der Waals surface area contributed by atoms with Crippen molar-refractivity contribution in [2.24, 2.45) is 0 Å². The summed E-state index contributed by atoms with van der Waals surface area (Å²) in [6.07, 6.45) is 1.50. The van der Waals surface area contributed by atoms with Crippen molar-refractivity contribution in [2.75, 3.05) is 7.11 Å². The topological polar surface area (TPSA) is 52.6 Å². The van der Waals surface area contributed by atoms with Crippen LogP contribution in [0.2, 0.25) is 0 Å². The number of carbonyl (C=O) groups is 2. The molecule has 1 aliphatic rings. The number of rotatable bonds is 2. The summed E-state index contributed by atoms with van der Waals surface area (Å²) in [5, 5.41) is 0. The van der Waals surface area contributed by atoms with E-state index < -0.39 is 17.5 Å². The third-order valence-electron chi connectivity index (χ3n) is 2.70. The summed E-state index contributed by atoms with van der Waals surface area (Å²) in [6, 6.07) is 9.24. The standard InChI is InChI=1S/C13H12O4/c1-13(9-6-4-3-5-7-9)8-10(11(14)16-2)12(15)17-13/h3-8H,1-2H3. The number of ether oxygens (including phenoxy) is 2. The van der Waals surface area contributed by atoms with Gasteiger partial charge in [-0.15, -0.1) is 0 Å². The molecule has 1 aromatic rings. The summed E-state index contributed by atoms with van der Waals surface area (Å²) in [4.78, 5) is 22.9. The Bertz CT molecular complexity index is 489. The first-order valence-electron chi connectivity index (χ1n) is 5.17. The van der Waals surface area contributed by atoms with Gasteiger partial charge in [0.15, 0.2) is 5.60 Å². The lowest BCUT2D eigenvalue weighted by Crippen LogP contribution is -2.21. The van der Waals surface area contributed by atoms with Crippen LogP contribution in [-0.2, 0) is 24.7 Å². The minimum atomic E-state index is -0.901. The van der Waals surface area contributed by atoms with Crippen LogP contribution in [0.15, 0.2) is 42.0 Å². The third kappa shape index (κ3) is 1.93. The van der Waals surface area contributed by atoms with Gasteiger partial charge < -0.3 is 9.47 Å². The van der Waals surface area contributed by atoms with E-state index in [9.17, 15) is 9.59 Å². The minimum absolute atomic E-state index is 0.0566. The van der Waals surface area contributed by atoms with Crippen molar-refractivity contribution >= 4 is 11.9 Å². The first kappa shape index (κ1) is 11.4. The van der Waals surface area contributed by atoms with E-state index in [4.69, 9.17) is 4.74 Å². The van der Waals surface area contributed by atoms with Crippen LogP contribution in [0.5, 0.6) is 0 Å². The molecule has 1 atom stereocenters. The zero-order valence-electron chi connectivity index (χ0n) is 9.60. The van der Waals surface area contributed by atoms with Crippen molar-refractivity contribution in [3.05, 3.63) is 47.5 Å². The maximum Gasteiger partial charge on any atom is 0.346 e. The Hall–Kier alpha value is -2.10. The van der Waals surface area contributed by atoms with Gasteiger partial charge in [0, 0.05) is 0 Å². The highest BCUT2D eigenvalue weighted by atomic mass is 16.6. The Morgan fingerprint density at radius 1 is 1.29 bits per heavy atom.